The molecule has 1 saturated heterocycles. The Bertz CT molecular complexity index is 762. The molecule has 0 unspecified atom stereocenters. The average molecular weight is 343 g/mol. The Hall–Kier alpha value is -2.44. The van der Waals surface area contributed by atoms with Crippen LogP contribution in [0.15, 0.2) is 18.2 Å². The van der Waals surface area contributed by atoms with Crippen molar-refractivity contribution in [3.05, 3.63) is 23.8 Å². The Morgan fingerprint density at radius 1 is 1.24 bits per heavy atom. The van der Waals surface area contributed by atoms with Gasteiger partial charge in [0.1, 0.15) is 5.52 Å². The van der Waals surface area contributed by atoms with Crippen molar-refractivity contribution in [2.75, 3.05) is 19.6 Å². The largest absolute Gasteiger partial charge is 0.356 e. The number of nitrogens with zero attached hydrogens (tertiary/aromatic N) is 4. The molecule has 1 aliphatic heterocycles. The molecule has 1 aromatic heterocycles. The maximum Gasteiger partial charge on any atom is 0.253 e. The summed E-state index contributed by atoms with van der Waals surface area (Å²) in [6.07, 6.45) is 2.37. The third-order valence-corrected chi connectivity index (χ3v) is 4.76. The van der Waals surface area contributed by atoms with E-state index in [4.69, 9.17) is 0 Å². The lowest BCUT2D eigenvalue weighted by atomic mass is 9.95. The number of aryl methyl sites for hydroxylation is 1. The zero-order valence-corrected chi connectivity index (χ0v) is 14.9. The molecular formula is C18H25N5O2. The molecule has 0 aliphatic carbocycles. The number of likely N-dealkylation sites (tertiary alicyclic amines) is 1. The van der Waals surface area contributed by atoms with Crippen molar-refractivity contribution in [3.8, 4) is 0 Å². The Kier molecular flexibility index (Phi) is 5.31. The monoisotopic (exact) mass is 343 g/mol. The van der Waals surface area contributed by atoms with Gasteiger partial charge in [-0.2, -0.15) is 0 Å². The maximum absolute atomic E-state index is 12.7. The van der Waals surface area contributed by atoms with Gasteiger partial charge >= 0.3 is 0 Å². The van der Waals surface area contributed by atoms with Crippen LogP contribution in [-0.4, -0.2) is 51.3 Å². The van der Waals surface area contributed by atoms with Crippen molar-refractivity contribution < 1.29 is 9.59 Å². The quantitative estimate of drug-likeness (QED) is 0.898. The topological polar surface area (TPSA) is 80.1 Å². The van der Waals surface area contributed by atoms with Crippen molar-refractivity contribution in [1.82, 2.24) is 25.2 Å². The SMILES string of the molecule is CCCNC(=O)C1CCN(C(=O)c2ccc3c(c2)nnn3CC)CC1. The average Bonchev–Trinajstić information content (AvgIpc) is 3.08. The van der Waals surface area contributed by atoms with Gasteiger partial charge in [0, 0.05) is 37.7 Å². The smallest absolute Gasteiger partial charge is 0.253 e. The minimum Gasteiger partial charge on any atom is -0.356 e. The van der Waals surface area contributed by atoms with Crippen LogP contribution in [0, 0.1) is 5.92 Å². The minimum atomic E-state index is 0.000338. The van der Waals surface area contributed by atoms with E-state index in [1.54, 1.807) is 6.07 Å². The molecular weight excluding hydrogens is 318 g/mol. The summed E-state index contributed by atoms with van der Waals surface area (Å²) in [5.74, 6) is 0.134. The number of amides is 2. The van der Waals surface area contributed by atoms with Crippen LogP contribution in [0.4, 0.5) is 0 Å². The fourth-order valence-electron chi connectivity index (χ4n) is 3.26. The number of nitrogens with one attached hydrogen (secondary N) is 1. The van der Waals surface area contributed by atoms with E-state index in [-0.39, 0.29) is 17.7 Å². The number of hydrogen-bond acceptors (Lipinski definition) is 4. The van der Waals surface area contributed by atoms with E-state index in [1.165, 1.54) is 0 Å². The number of aromatic nitrogens is 3. The fourth-order valence-corrected chi connectivity index (χ4v) is 3.26. The van der Waals surface area contributed by atoms with Crippen molar-refractivity contribution in [2.45, 2.75) is 39.7 Å². The molecule has 1 aliphatic rings. The van der Waals surface area contributed by atoms with Crippen LogP contribution in [0.25, 0.3) is 11.0 Å². The molecule has 0 atom stereocenters. The van der Waals surface area contributed by atoms with E-state index in [9.17, 15) is 9.59 Å². The summed E-state index contributed by atoms with van der Waals surface area (Å²) in [5, 5.41) is 11.2. The second kappa shape index (κ2) is 7.63. The molecule has 7 nitrogen and oxygen atoms in total. The lowest BCUT2D eigenvalue weighted by Crippen LogP contribution is -2.43. The molecule has 2 aromatic rings. The van der Waals surface area contributed by atoms with Crippen molar-refractivity contribution >= 4 is 22.8 Å². The van der Waals surface area contributed by atoms with Crippen LogP contribution in [0.5, 0.6) is 0 Å². The second-order valence-electron chi connectivity index (χ2n) is 6.47. The zero-order valence-electron chi connectivity index (χ0n) is 14.9. The van der Waals surface area contributed by atoms with E-state index in [0.29, 0.717) is 18.7 Å². The summed E-state index contributed by atoms with van der Waals surface area (Å²) < 4.78 is 1.81. The molecule has 2 heterocycles. The van der Waals surface area contributed by atoms with Crippen LogP contribution < -0.4 is 5.32 Å². The molecule has 1 N–H and O–H groups in total. The third-order valence-electron chi connectivity index (χ3n) is 4.76. The highest BCUT2D eigenvalue weighted by molar-refractivity contribution is 5.97. The number of carbonyl (C=O) groups excluding carboxylic acids is 2. The van der Waals surface area contributed by atoms with Crippen LogP contribution >= 0.6 is 0 Å². The van der Waals surface area contributed by atoms with Gasteiger partial charge in [-0.3, -0.25) is 9.59 Å². The molecule has 0 saturated carbocycles. The predicted octanol–water partition coefficient (Wildman–Crippen LogP) is 1.83. The van der Waals surface area contributed by atoms with Gasteiger partial charge in [0.25, 0.3) is 5.91 Å². The number of carbonyl (C=O) groups is 2. The van der Waals surface area contributed by atoms with E-state index < -0.39 is 0 Å². The highest BCUT2D eigenvalue weighted by Gasteiger charge is 2.27. The highest BCUT2D eigenvalue weighted by atomic mass is 16.2. The first-order valence-electron chi connectivity index (χ1n) is 9.04. The summed E-state index contributed by atoms with van der Waals surface area (Å²) in [5.41, 5.74) is 2.30. The first kappa shape index (κ1) is 17.4. The summed E-state index contributed by atoms with van der Waals surface area (Å²) in [6, 6.07) is 5.54. The van der Waals surface area contributed by atoms with Crippen LogP contribution in [-0.2, 0) is 11.3 Å². The molecule has 0 radical (unpaired) electrons. The molecule has 25 heavy (non-hydrogen) atoms. The van der Waals surface area contributed by atoms with Gasteiger partial charge in [-0.15, -0.1) is 5.10 Å². The number of hydrogen-bond donors (Lipinski definition) is 1. The first-order valence-corrected chi connectivity index (χ1v) is 9.04. The molecule has 1 aromatic carbocycles. The molecule has 7 heteroatoms. The van der Waals surface area contributed by atoms with Crippen LogP contribution in [0.1, 0.15) is 43.5 Å². The molecule has 0 bridgehead atoms. The molecule has 3 rings (SSSR count). The number of benzene rings is 1. The molecule has 2 amide bonds. The van der Waals surface area contributed by atoms with E-state index in [2.05, 4.69) is 15.6 Å². The summed E-state index contributed by atoms with van der Waals surface area (Å²) in [4.78, 5) is 26.6. The summed E-state index contributed by atoms with van der Waals surface area (Å²) in [6.45, 7) is 6.74. The van der Waals surface area contributed by atoms with Crippen LogP contribution in [0.2, 0.25) is 0 Å². The van der Waals surface area contributed by atoms with Crippen molar-refractivity contribution in [1.29, 1.82) is 0 Å². The Labute approximate surface area is 147 Å². The summed E-state index contributed by atoms with van der Waals surface area (Å²) in [7, 11) is 0. The molecule has 134 valence electrons. The highest BCUT2D eigenvalue weighted by Crippen LogP contribution is 2.21. The van der Waals surface area contributed by atoms with Gasteiger partial charge in [-0.05, 0) is 44.4 Å². The van der Waals surface area contributed by atoms with Gasteiger partial charge in [0.2, 0.25) is 5.91 Å². The first-order chi connectivity index (χ1) is 12.1. The lowest BCUT2D eigenvalue weighted by Gasteiger charge is -2.31. The Balaban J connectivity index is 1.63. The van der Waals surface area contributed by atoms with E-state index in [1.807, 2.05) is 35.6 Å². The number of rotatable bonds is 5. The second-order valence-corrected chi connectivity index (χ2v) is 6.47. The number of fused-ring (bicyclic) bond motifs is 1. The molecule has 1 fully saturated rings. The normalized spacial score (nSPS) is 15.5. The predicted molar refractivity (Wildman–Crippen MR) is 95.1 cm³/mol. The lowest BCUT2D eigenvalue weighted by molar-refractivity contribution is -0.126. The Morgan fingerprint density at radius 2 is 2.00 bits per heavy atom. The number of piperidine rings is 1. The molecule has 0 spiro atoms. The van der Waals surface area contributed by atoms with Crippen molar-refractivity contribution in [3.63, 3.8) is 0 Å². The van der Waals surface area contributed by atoms with Gasteiger partial charge in [-0.25, -0.2) is 4.68 Å². The zero-order chi connectivity index (χ0) is 17.8. The standard InChI is InChI=1S/C18H25N5O2/c1-3-9-19-17(24)13-7-10-22(11-8-13)18(25)14-5-6-16-15(12-14)20-21-23(16)4-2/h5-6,12-13H,3-4,7-11H2,1-2H3,(H,19,24). The maximum atomic E-state index is 12.7. The van der Waals surface area contributed by atoms with Gasteiger partial charge < -0.3 is 10.2 Å². The minimum absolute atomic E-state index is 0.000338. The van der Waals surface area contributed by atoms with Crippen molar-refractivity contribution in [2.24, 2.45) is 5.92 Å². The van der Waals surface area contributed by atoms with E-state index in [0.717, 1.165) is 43.4 Å². The van der Waals surface area contributed by atoms with Gasteiger partial charge in [-0.1, -0.05) is 12.1 Å². The summed E-state index contributed by atoms with van der Waals surface area (Å²) >= 11 is 0. The third kappa shape index (κ3) is 3.65. The van der Waals surface area contributed by atoms with E-state index >= 15 is 0 Å². The van der Waals surface area contributed by atoms with Gasteiger partial charge in [0.05, 0.1) is 5.52 Å². The van der Waals surface area contributed by atoms with Crippen LogP contribution in [0.3, 0.4) is 0 Å². The fraction of sp³-hybridized carbons (Fsp3) is 0.556. The Morgan fingerprint density at radius 3 is 2.68 bits per heavy atom. The van der Waals surface area contributed by atoms with Gasteiger partial charge in [0.15, 0.2) is 0 Å².